The number of sulfonamides is 1. The fraction of sp³-hybridized carbons (Fsp3) is 0.500. The summed E-state index contributed by atoms with van der Waals surface area (Å²) in [7, 11) is -3.64. The van der Waals surface area contributed by atoms with Crippen LogP contribution in [0, 0.1) is 0 Å². The Morgan fingerprint density at radius 3 is 2.43 bits per heavy atom. The van der Waals surface area contributed by atoms with Crippen LogP contribution in [-0.4, -0.2) is 39.9 Å². The van der Waals surface area contributed by atoms with Gasteiger partial charge in [-0.05, 0) is 32.9 Å². The highest BCUT2D eigenvalue weighted by atomic mass is 32.2. The Kier molecular flexibility index (Phi) is 6.02. The number of benzene rings is 1. The van der Waals surface area contributed by atoms with Gasteiger partial charge >= 0.3 is 5.97 Å². The second-order valence-corrected chi connectivity index (χ2v) is 6.62. The minimum Gasteiger partial charge on any atom is -0.492 e. The molecule has 6 nitrogen and oxygen atoms in total. The third kappa shape index (κ3) is 5.26. The van der Waals surface area contributed by atoms with Crippen LogP contribution in [0.25, 0.3) is 0 Å². The molecule has 0 unspecified atom stereocenters. The highest BCUT2D eigenvalue weighted by Crippen LogP contribution is 2.29. The Morgan fingerprint density at radius 2 is 1.90 bits per heavy atom. The van der Waals surface area contributed by atoms with E-state index in [9.17, 15) is 13.2 Å². The van der Waals surface area contributed by atoms with E-state index in [0.29, 0.717) is 18.0 Å². The van der Waals surface area contributed by atoms with Crippen LogP contribution >= 0.6 is 0 Å². The van der Waals surface area contributed by atoms with Crippen molar-refractivity contribution < 1.29 is 22.7 Å². The minimum absolute atomic E-state index is 0.305. The van der Waals surface area contributed by atoms with Gasteiger partial charge in [0.15, 0.2) is 0 Å². The molecule has 0 radical (unpaired) electrons. The van der Waals surface area contributed by atoms with Gasteiger partial charge in [-0.1, -0.05) is 12.1 Å². The van der Waals surface area contributed by atoms with Gasteiger partial charge in [0, 0.05) is 0 Å². The topological polar surface area (TPSA) is 72.9 Å². The lowest BCUT2D eigenvalue weighted by atomic mass is 10.3. The van der Waals surface area contributed by atoms with Gasteiger partial charge in [-0.2, -0.15) is 0 Å². The molecule has 0 saturated heterocycles. The van der Waals surface area contributed by atoms with Gasteiger partial charge in [0.25, 0.3) is 0 Å². The molecule has 0 heterocycles. The zero-order valence-electron chi connectivity index (χ0n) is 12.7. The number of carbonyl (C=O) groups excluding carboxylic acids is 1. The Morgan fingerprint density at radius 1 is 1.29 bits per heavy atom. The molecule has 0 aromatic heterocycles. The van der Waals surface area contributed by atoms with Crippen LogP contribution in [0.3, 0.4) is 0 Å². The third-order valence-corrected chi connectivity index (χ3v) is 3.60. The maximum Gasteiger partial charge on any atom is 0.327 e. The lowest BCUT2D eigenvalue weighted by Crippen LogP contribution is -2.36. The molecular weight excluding hydrogens is 294 g/mol. The lowest BCUT2D eigenvalue weighted by molar-refractivity contribution is -0.145. The zero-order valence-corrected chi connectivity index (χ0v) is 13.5. The van der Waals surface area contributed by atoms with Crippen molar-refractivity contribution in [3.05, 3.63) is 24.3 Å². The average Bonchev–Trinajstić information content (AvgIpc) is 2.35. The molecule has 0 aliphatic heterocycles. The molecule has 0 atom stereocenters. The molecule has 0 spiro atoms. The van der Waals surface area contributed by atoms with E-state index in [2.05, 4.69) is 0 Å². The summed E-state index contributed by atoms with van der Waals surface area (Å²) >= 11 is 0. The van der Waals surface area contributed by atoms with E-state index in [0.717, 1.165) is 10.6 Å². The van der Waals surface area contributed by atoms with Crippen molar-refractivity contribution in [3.63, 3.8) is 0 Å². The summed E-state index contributed by atoms with van der Waals surface area (Å²) in [4.78, 5) is 11.8. The fourth-order valence-electron chi connectivity index (χ4n) is 1.74. The van der Waals surface area contributed by atoms with Crippen molar-refractivity contribution in [2.24, 2.45) is 0 Å². The molecule has 1 rings (SSSR count). The standard InChI is InChI=1S/C14H21NO5S/c1-5-19-13-9-7-6-8-12(13)15(21(4,17)18)10-14(16)20-11(2)3/h6-9,11H,5,10H2,1-4H3. The third-order valence-electron chi connectivity index (χ3n) is 2.47. The fourth-order valence-corrected chi connectivity index (χ4v) is 2.59. The van der Waals surface area contributed by atoms with Crippen LogP contribution in [-0.2, 0) is 19.6 Å². The van der Waals surface area contributed by atoms with E-state index in [4.69, 9.17) is 9.47 Å². The highest BCUT2D eigenvalue weighted by Gasteiger charge is 2.24. The summed E-state index contributed by atoms with van der Waals surface area (Å²) in [5.41, 5.74) is 0.322. The Labute approximate surface area is 125 Å². The number of nitrogens with zero attached hydrogens (tertiary/aromatic N) is 1. The van der Waals surface area contributed by atoms with Crippen LogP contribution in [0.1, 0.15) is 20.8 Å². The second kappa shape index (κ2) is 7.31. The lowest BCUT2D eigenvalue weighted by Gasteiger charge is -2.24. The largest absolute Gasteiger partial charge is 0.492 e. The minimum atomic E-state index is -3.64. The van der Waals surface area contributed by atoms with Crippen molar-refractivity contribution in [2.45, 2.75) is 26.9 Å². The molecular formula is C14H21NO5S. The maximum atomic E-state index is 12.0. The van der Waals surface area contributed by atoms with E-state index in [1.54, 1.807) is 45.0 Å². The van der Waals surface area contributed by atoms with Crippen LogP contribution < -0.4 is 9.04 Å². The summed E-state index contributed by atoms with van der Waals surface area (Å²) in [6, 6.07) is 6.67. The summed E-state index contributed by atoms with van der Waals surface area (Å²) in [5.74, 6) is -0.204. The molecule has 0 N–H and O–H groups in total. The first-order valence-corrected chi connectivity index (χ1v) is 8.49. The van der Waals surface area contributed by atoms with E-state index in [1.807, 2.05) is 0 Å². The Hall–Kier alpha value is -1.76. The summed E-state index contributed by atoms with van der Waals surface area (Å²) < 4.78 is 35.4. The van der Waals surface area contributed by atoms with Crippen molar-refractivity contribution >= 4 is 21.7 Å². The Bertz CT molecular complexity index is 583. The maximum absolute atomic E-state index is 12.0. The van der Waals surface area contributed by atoms with Gasteiger partial charge in [0.2, 0.25) is 10.0 Å². The number of hydrogen-bond acceptors (Lipinski definition) is 5. The summed E-state index contributed by atoms with van der Waals surface area (Å²) in [5, 5.41) is 0. The molecule has 1 aromatic rings. The summed E-state index contributed by atoms with van der Waals surface area (Å²) in [6.45, 7) is 5.22. The molecule has 0 amide bonds. The number of anilines is 1. The number of carbonyl (C=O) groups is 1. The molecule has 0 saturated carbocycles. The molecule has 7 heteroatoms. The molecule has 0 bridgehead atoms. The number of rotatable bonds is 7. The normalized spacial score (nSPS) is 11.3. The van der Waals surface area contributed by atoms with Crippen LogP contribution in [0.15, 0.2) is 24.3 Å². The Balaban J connectivity index is 3.13. The van der Waals surface area contributed by atoms with Crippen LogP contribution in [0.5, 0.6) is 5.75 Å². The summed E-state index contributed by atoms with van der Waals surface area (Å²) in [6.07, 6.45) is 0.735. The number of ether oxygens (including phenoxy) is 2. The molecule has 1 aromatic carbocycles. The van der Waals surface area contributed by atoms with E-state index in [-0.39, 0.29) is 12.6 Å². The van der Waals surface area contributed by atoms with Crippen molar-refractivity contribution in [3.8, 4) is 5.75 Å². The number of para-hydroxylation sites is 2. The van der Waals surface area contributed by atoms with Crippen molar-refractivity contribution in [1.29, 1.82) is 0 Å². The van der Waals surface area contributed by atoms with Gasteiger partial charge in [-0.25, -0.2) is 8.42 Å². The molecule has 21 heavy (non-hydrogen) atoms. The van der Waals surface area contributed by atoms with Gasteiger partial charge in [-0.3, -0.25) is 9.10 Å². The zero-order chi connectivity index (χ0) is 16.0. The first-order valence-electron chi connectivity index (χ1n) is 6.64. The van der Waals surface area contributed by atoms with Gasteiger partial charge in [0.05, 0.1) is 24.7 Å². The van der Waals surface area contributed by atoms with Crippen LogP contribution in [0.4, 0.5) is 5.69 Å². The highest BCUT2D eigenvalue weighted by molar-refractivity contribution is 7.92. The quantitative estimate of drug-likeness (QED) is 0.717. The van der Waals surface area contributed by atoms with E-state index >= 15 is 0 Å². The SMILES string of the molecule is CCOc1ccccc1N(CC(=O)OC(C)C)S(C)(=O)=O. The van der Waals surface area contributed by atoms with Gasteiger partial charge in [-0.15, -0.1) is 0 Å². The second-order valence-electron chi connectivity index (χ2n) is 4.71. The predicted molar refractivity (Wildman–Crippen MR) is 81.0 cm³/mol. The van der Waals surface area contributed by atoms with Gasteiger partial charge in [0.1, 0.15) is 12.3 Å². The molecule has 118 valence electrons. The average molecular weight is 315 g/mol. The monoisotopic (exact) mass is 315 g/mol. The number of hydrogen-bond donors (Lipinski definition) is 0. The molecule has 0 aliphatic carbocycles. The molecule has 0 fully saturated rings. The smallest absolute Gasteiger partial charge is 0.327 e. The van der Waals surface area contributed by atoms with Gasteiger partial charge < -0.3 is 9.47 Å². The molecule has 0 aliphatic rings. The number of esters is 1. The van der Waals surface area contributed by atoms with Crippen molar-refractivity contribution in [1.82, 2.24) is 0 Å². The van der Waals surface area contributed by atoms with Crippen molar-refractivity contribution in [2.75, 3.05) is 23.7 Å². The van der Waals surface area contributed by atoms with E-state index in [1.165, 1.54) is 0 Å². The van der Waals surface area contributed by atoms with E-state index < -0.39 is 16.0 Å². The van der Waals surface area contributed by atoms with Crippen LogP contribution in [0.2, 0.25) is 0 Å². The first-order chi connectivity index (χ1) is 9.75. The first kappa shape index (κ1) is 17.3. The predicted octanol–water partition coefficient (Wildman–Crippen LogP) is 1.80.